The minimum absolute atomic E-state index is 0.0746. The highest BCUT2D eigenvalue weighted by molar-refractivity contribution is 9.10. The van der Waals surface area contributed by atoms with E-state index < -0.39 is 11.9 Å². The number of carboxylic acid groups (broad SMARTS) is 1. The fourth-order valence-corrected chi connectivity index (χ4v) is 2.10. The maximum absolute atomic E-state index is 10.9. The summed E-state index contributed by atoms with van der Waals surface area (Å²) >= 11 is 3.34. The van der Waals surface area contributed by atoms with Crippen LogP contribution in [0.3, 0.4) is 0 Å². The molecule has 0 aliphatic rings. The van der Waals surface area contributed by atoms with Crippen LogP contribution in [0, 0.1) is 13.8 Å². The van der Waals surface area contributed by atoms with E-state index in [0.29, 0.717) is 11.1 Å². The monoisotopic (exact) mass is 272 g/mol. The first kappa shape index (κ1) is 12.0. The van der Waals surface area contributed by atoms with Gasteiger partial charge in [0.05, 0.1) is 5.92 Å². The van der Waals surface area contributed by atoms with Crippen LogP contribution >= 0.6 is 15.9 Å². The molecule has 3 nitrogen and oxygen atoms in total. The van der Waals surface area contributed by atoms with Crippen molar-refractivity contribution in [2.75, 3.05) is 0 Å². The Morgan fingerprint density at radius 1 is 1.47 bits per heavy atom. The summed E-state index contributed by atoms with van der Waals surface area (Å²) in [6.07, 6.45) is 0. The summed E-state index contributed by atoms with van der Waals surface area (Å²) in [5, 5.41) is 18.8. The van der Waals surface area contributed by atoms with Crippen molar-refractivity contribution in [1.82, 2.24) is 0 Å². The maximum Gasteiger partial charge on any atom is 0.310 e. The molecule has 0 radical (unpaired) electrons. The fourth-order valence-electron chi connectivity index (χ4n) is 1.54. The van der Waals surface area contributed by atoms with Crippen molar-refractivity contribution in [3.05, 3.63) is 27.2 Å². The van der Waals surface area contributed by atoms with E-state index in [4.69, 9.17) is 5.11 Å². The molecular weight excluding hydrogens is 260 g/mol. The van der Waals surface area contributed by atoms with E-state index in [2.05, 4.69) is 15.9 Å². The van der Waals surface area contributed by atoms with E-state index in [0.717, 1.165) is 10.0 Å². The number of benzene rings is 1. The predicted octanol–water partition coefficient (Wildman–Crippen LogP) is 2.96. The molecule has 1 atom stereocenters. The van der Waals surface area contributed by atoms with Crippen LogP contribution in [0.2, 0.25) is 0 Å². The van der Waals surface area contributed by atoms with Gasteiger partial charge in [-0.05, 0) is 38.0 Å². The Morgan fingerprint density at radius 2 is 2.00 bits per heavy atom. The molecule has 0 saturated heterocycles. The molecule has 0 bridgehead atoms. The highest BCUT2D eigenvalue weighted by Gasteiger charge is 2.22. The second kappa shape index (κ2) is 4.23. The molecule has 1 rings (SSSR count). The van der Waals surface area contributed by atoms with E-state index in [1.807, 2.05) is 0 Å². The Hall–Kier alpha value is -1.03. The number of aryl methyl sites for hydroxylation is 1. The van der Waals surface area contributed by atoms with Crippen molar-refractivity contribution in [2.24, 2.45) is 0 Å². The van der Waals surface area contributed by atoms with Crippen molar-refractivity contribution in [3.8, 4) is 5.75 Å². The molecule has 2 N–H and O–H groups in total. The lowest BCUT2D eigenvalue weighted by atomic mass is 9.93. The first-order valence-corrected chi connectivity index (χ1v) is 5.37. The molecular formula is C11H13BrO3. The van der Waals surface area contributed by atoms with Crippen LogP contribution in [0.4, 0.5) is 0 Å². The third-order valence-electron chi connectivity index (χ3n) is 2.54. The number of carboxylic acids is 1. The fraction of sp³-hybridized carbons (Fsp3) is 0.364. The maximum atomic E-state index is 10.9. The second-order valence-electron chi connectivity index (χ2n) is 3.62. The molecule has 0 aliphatic heterocycles. The van der Waals surface area contributed by atoms with Gasteiger partial charge in [0.1, 0.15) is 5.75 Å². The minimum Gasteiger partial charge on any atom is -0.507 e. The molecule has 0 amide bonds. The number of phenols is 1. The average Bonchev–Trinajstić information content (AvgIpc) is 2.15. The number of aliphatic carboxylic acids is 1. The van der Waals surface area contributed by atoms with Gasteiger partial charge in [-0.3, -0.25) is 4.79 Å². The highest BCUT2D eigenvalue weighted by Crippen LogP contribution is 2.36. The van der Waals surface area contributed by atoms with E-state index in [9.17, 15) is 9.90 Å². The van der Waals surface area contributed by atoms with Gasteiger partial charge in [0.25, 0.3) is 0 Å². The predicted molar refractivity (Wildman–Crippen MR) is 61.3 cm³/mol. The Morgan fingerprint density at radius 3 is 2.47 bits per heavy atom. The first-order valence-electron chi connectivity index (χ1n) is 4.57. The zero-order valence-corrected chi connectivity index (χ0v) is 10.4. The molecule has 0 fully saturated rings. The lowest BCUT2D eigenvalue weighted by Gasteiger charge is -2.15. The van der Waals surface area contributed by atoms with Crippen molar-refractivity contribution < 1.29 is 15.0 Å². The summed E-state index contributed by atoms with van der Waals surface area (Å²) < 4.78 is 0.820. The standard InChI is InChI=1S/C11H13BrO3/c1-5-4-8(12)6(2)9(10(5)13)7(3)11(14)15/h4,7,13H,1-3H3,(H,14,15). The van der Waals surface area contributed by atoms with Crippen LogP contribution in [-0.2, 0) is 4.79 Å². The Kier molecular flexibility index (Phi) is 3.39. The smallest absolute Gasteiger partial charge is 0.310 e. The molecule has 0 saturated carbocycles. The largest absolute Gasteiger partial charge is 0.507 e. The van der Waals surface area contributed by atoms with Gasteiger partial charge < -0.3 is 10.2 Å². The van der Waals surface area contributed by atoms with Gasteiger partial charge in [0.15, 0.2) is 0 Å². The molecule has 0 aromatic heterocycles. The lowest BCUT2D eigenvalue weighted by molar-refractivity contribution is -0.138. The summed E-state index contributed by atoms with van der Waals surface area (Å²) in [5.41, 5.74) is 1.93. The number of carbonyl (C=O) groups is 1. The van der Waals surface area contributed by atoms with Crippen molar-refractivity contribution in [1.29, 1.82) is 0 Å². The van der Waals surface area contributed by atoms with Crippen molar-refractivity contribution in [3.63, 3.8) is 0 Å². The van der Waals surface area contributed by atoms with Gasteiger partial charge >= 0.3 is 5.97 Å². The zero-order valence-electron chi connectivity index (χ0n) is 8.84. The van der Waals surface area contributed by atoms with Gasteiger partial charge in [0.2, 0.25) is 0 Å². The molecule has 1 aromatic rings. The zero-order chi connectivity index (χ0) is 11.7. The van der Waals surface area contributed by atoms with Crippen molar-refractivity contribution in [2.45, 2.75) is 26.7 Å². The molecule has 82 valence electrons. The van der Waals surface area contributed by atoms with Crippen LogP contribution in [0.25, 0.3) is 0 Å². The van der Waals surface area contributed by atoms with Gasteiger partial charge in [-0.25, -0.2) is 0 Å². The summed E-state index contributed by atoms with van der Waals surface area (Å²) in [4.78, 5) is 10.9. The summed E-state index contributed by atoms with van der Waals surface area (Å²) in [6, 6.07) is 1.78. The summed E-state index contributed by atoms with van der Waals surface area (Å²) in [6.45, 7) is 5.10. The second-order valence-corrected chi connectivity index (χ2v) is 4.48. The lowest BCUT2D eigenvalue weighted by Crippen LogP contribution is -2.10. The number of hydrogen-bond donors (Lipinski definition) is 2. The topological polar surface area (TPSA) is 57.5 Å². The minimum atomic E-state index is -0.939. The Bertz CT molecular complexity index is 387. The molecule has 0 aliphatic carbocycles. The van der Waals surface area contributed by atoms with Gasteiger partial charge in [-0.2, -0.15) is 0 Å². The SMILES string of the molecule is Cc1cc(Br)c(C)c(C(C)C(=O)O)c1O. The number of rotatable bonds is 2. The normalized spacial score (nSPS) is 12.5. The highest BCUT2D eigenvalue weighted by atomic mass is 79.9. The van der Waals surface area contributed by atoms with Gasteiger partial charge in [0, 0.05) is 10.0 Å². The van der Waals surface area contributed by atoms with Crippen molar-refractivity contribution >= 4 is 21.9 Å². The van der Waals surface area contributed by atoms with Crippen LogP contribution in [0.1, 0.15) is 29.5 Å². The first-order chi connectivity index (χ1) is 6.86. The van der Waals surface area contributed by atoms with E-state index in [-0.39, 0.29) is 5.75 Å². The molecule has 1 unspecified atom stereocenters. The van der Waals surface area contributed by atoms with Gasteiger partial charge in [-0.1, -0.05) is 15.9 Å². The third-order valence-corrected chi connectivity index (χ3v) is 3.36. The number of phenolic OH excluding ortho intramolecular Hbond substituents is 1. The Balaban J connectivity index is 3.45. The van der Waals surface area contributed by atoms with Crippen LogP contribution in [-0.4, -0.2) is 16.2 Å². The third kappa shape index (κ3) is 2.15. The Labute approximate surface area is 96.9 Å². The van der Waals surface area contributed by atoms with Crippen LogP contribution < -0.4 is 0 Å². The quantitative estimate of drug-likeness (QED) is 0.870. The molecule has 1 aromatic carbocycles. The molecule has 15 heavy (non-hydrogen) atoms. The number of hydrogen-bond acceptors (Lipinski definition) is 2. The van der Waals surface area contributed by atoms with E-state index in [1.165, 1.54) is 0 Å². The van der Waals surface area contributed by atoms with E-state index >= 15 is 0 Å². The summed E-state index contributed by atoms with van der Waals surface area (Å²) in [7, 11) is 0. The van der Waals surface area contributed by atoms with Crippen LogP contribution in [0.15, 0.2) is 10.5 Å². The number of halogens is 1. The number of aromatic hydroxyl groups is 1. The average molecular weight is 273 g/mol. The summed E-state index contributed by atoms with van der Waals surface area (Å²) in [5.74, 6) is -1.57. The van der Waals surface area contributed by atoms with Crippen LogP contribution in [0.5, 0.6) is 5.75 Å². The molecule has 0 heterocycles. The molecule has 0 spiro atoms. The molecule has 4 heteroatoms. The van der Waals surface area contributed by atoms with Gasteiger partial charge in [-0.15, -0.1) is 0 Å². The van der Waals surface area contributed by atoms with E-state index in [1.54, 1.807) is 26.8 Å².